The van der Waals surface area contributed by atoms with Gasteiger partial charge in [0.2, 0.25) is 0 Å². The molecule has 0 aromatic heterocycles. The van der Waals surface area contributed by atoms with Gasteiger partial charge in [-0.2, -0.15) is 0 Å². The third kappa shape index (κ3) is 6.63. The average Bonchev–Trinajstić information content (AvgIpc) is 2.50. The van der Waals surface area contributed by atoms with Crippen LogP contribution in [0.25, 0.3) is 0 Å². The van der Waals surface area contributed by atoms with Crippen LogP contribution in [0.2, 0.25) is 5.02 Å². The largest absolute Gasteiger partial charge is 0.491 e. The summed E-state index contributed by atoms with van der Waals surface area (Å²) in [5, 5.41) is 10.6. The summed E-state index contributed by atoms with van der Waals surface area (Å²) >= 11 is 5.79. The molecule has 0 radical (unpaired) electrons. The first-order valence-electron chi connectivity index (χ1n) is 7.18. The fourth-order valence-corrected chi connectivity index (χ4v) is 2.23. The molecule has 6 heteroatoms. The Balaban J connectivity index is 1.51. The molecule has 1 aromatic rings. The van der Waals surface area contributed by atoms with Crippen LogP contribution >= 0.6 is 11.6 Å². The zero-order valence-corrected chi connectivity index (χ0v) is 12.8. The van der Waals surface area contributed by atoms with E-state index in [1.807, 2.05) is 12.1 Å². The monoisotopic (exact) mass is 315 g/mol. The van der Waals surface area contributed by atoms with Crippen molar-refractivity contribution in [3.63, 3.8) is 0 Å². The van der Waals surface area contributed by atoms with Crippen LogP contribution in [0.1, 0.15) is 0 Å². The van der Waals surface area contributed by atoms with Gasteiger partial charge in [-0.25, -0.2) is 0 Å². The van der Waals surface area contributed by atoms with E-state index in [2.05, 4.69) is 4.90 Å². The smallest absolute Gasteiger partial charge is 0.119 e. The lowest BCUT2D eigenvalue weighted by molar-refractivity contribution is -0.0178. The molecule has 1 aliphatic heterocycles. The number of hydrogen-bond donors (Lipinski definition) is 1. The molecule has 118 valence electrons. The molecule has 0 aliphatic carbocycles. The molecule has 0 bridgehead atoms. The van der Waals surface area contributed by atoms with E-state index in [-0.39, 0.29) is 0 Å². The van der Waals surface area contributed by atoms with Crippen molar-refractivity contribution in [1.29, 1.82) is 0 Å². The van der Waals surface area contributed by atoms with Gasteiger partial charge < -0.3 is 19.3 Å². The van der Waals surface area contributed by atoms with E-state index >= 15 is 0 Å². The van der Waals surface area contributed by atoms with Gasteiger partial charge in [0, 0.05) is 24.7 Å². The average molecular weight is 316 g/mol. The normalized spacial score (nSPS) is 17.6. The SMILES string of the molecule is O[C@H](COCCOc1ccc(Cl)cc1)CN1CCOCC1. The number of rotatable bonds is 8. The summed E-state index contributed by atoms with van der Waals surface area (Å²) in [4.78, 5) is 2.18. The van der Waals surface area contributed by atoms with E-state index in [0.29, 0.717) is 31.4 Å². The fourth-order valence-electron chi connectivity index (χ4n) is 2.10. The molecule has 0 saturated carbocycles. The van der Waals surface area contributed by atoms with Crippen molar-refractivity contribution in [2.45, 2.75) is 6.10 Å². The van der Waals surface area contributed by atoms with Crippen molar-refractivity contribution in [1.82, 2.24) is 4.90 Å². The Labute approximate surface area is 130 Å². The van der Waals surface area contributed by atoms with E-state index < -0.39 is 6.10 Å². The van der Waals surface area contributed by atoms with E-state index in [9.17, 15) is 5.11 Å². The Kier molecular flexibility index (Phi) is 7.26. The molecule has 1 saturated heterocycles. The highest BCUT2D eigenvalue weighted by Gasteiger charge is 2.14. The Bertz CT molecular complexity index is 395. The number of β-amino-alcohol motifs (C(OH)–C–C–N with tert-alkyl or cyclic N) is 1. The standard InChI is InChI=1S/C15H22ClNO4/c16-13-1-3-15(4-2-13)21-10-9-20-12-14(18)11-17-5-7-19-8-6-17/h1-4,14,18H,5-12H2/t14-/m0/s1. The minimum atomic E-state index is -0.473. The highest BCUT2D eigenvalue weighted by atomic mass is 35.5. The van der Waals surface area contributed by atoms with Gasteiger partial charge in [0.25, 0.3) is 0 Å². The van der Waals surface area contributed by atoms with Crippen molar-refractivity contribution in [2.75, 3.05) is 52.7 Å². The van der Waals surface area contributed by atoms with Crippen LogP contribution in [0.3, 0.4) is 0 Å². The number of nitrogens with zero attached hydrogens (tertiary/aromatic N) is 1. The second kappa shape index (κ2) is 9.23. The van der Waals surface area contributed by atoms with Gasteiger partial charge in [0.1, 0.15) is 12.4 Å². The molecule has 1 aliphatic rings. The molecule has 0 spiro atoms. The Morgan fingerprint density at radius 1 is 1.19 bits per heavy atom. The predicted molar refractivity (Wildman–Crippen MR) is 81.0 cm³/mol. The minimum absolute atomic E-state index is 0.321. The van der Waals surface area contributed by atoms with Crippen LogP contribution in [-0.2, 0) is 9.47 Å². The van der Waals surface area contributed by atoms with E-state index in [0.717, 1.165) is 32.1 Å². The summed E-state index contributed by atoms with van der Waals surface area (Å²) in [5.41, 5.74) is 0. The van der Waals surface area contributed by atoms with Gasteiger partial charge in [-0.05, 0) is 24.3 Å². The van der Waals surface area contributed by atoms with Crippen molar-refractivity contribution in [2.24, 2.45) is 0 Å². The molecule has 1 aromatic carbocycles. The molecule has 2 rings (SSSR count). The number of aliphatic hydroxyl groups is 1. The van der Waals surface area contributed by atoms with Gasteiger partial charge >= 0.3 is 0 Å². The molecule has 5 nitrogen and oxygen atoms in total. The Morgan fingerprint density at radius 3 is 2.62 bits per heavy atom. The van der Waals surface area contributed by atoms with Gasteiger partial charge in [-0.15, -0.1) is 0 Å². The number of morpholine rings is 1. The molecule has 0 amide bonds. The Hall–Kier alpha value is -0.850. The van der Waals surface area contributed by atoms with E-state index in [1.54, 1.807) is 12.1 Å². The highest BCUT2D eigenvalue weighted by molar-refractivity contribution is 6.30. The van der Waals surface area contributed by atoms with Crippen LogP contribution in [0.5, 0.6) is 5.75 Å². The molecule has 21 heavy (non-hydrogen) atoms. The third-order valence-corrected chi connectivity index (χ3v) is 3.44. The highest BCUT2D eigenvalue weighted by Crippen LogP contribution is 2.15. The lowest BCUT2D eigenvalue weighted by Crippen LogP contribution is -2.42. The quantitative estimate of drug-likeness (QED) is 0.736. The fraction of sp³-hybridized carbons (Fsp3) is 0.600. The zero-order chi connectivity index (χ0) is 14.9. The number of ether oxygens (including phenoxy) is 3. The van der Waals surface area contributed by atoms with Gasteiger partial charge in [-0.3, -0.25) is 4.90 Å². The lowest BCUT2D eigenvalue weighted by Gasteiger charge is -2.28. The predicted octanol–water partition coefficient (Wildman–Crippen LogP) is 1.43. The number of halogens is 1. The maximum Gasteiger partial charge on any atom is 0.119 e. The number of hydrogen-bond acceptors (Lipinski definition) is 5. The van der Waals surface area contributed by atoms with Crippen molar-refractivity contribution >= 4 is 11.6 Å². The van der Waals surface area contributed by atoms with Crippen molar-refractivity contribution in [3.05, 3.63) is 29.3 Å². The lowest BCUT2D eigenvalue weighted by atomic mass is 10.3. The van der Waals surface area contributed by atoms with Gasteiger partial charge in [0.05, 0.1) is 32.5 Å². The molecule has 1 atom stereocenters. The molecule has 1 fully saturated rings. The molecule has 1 heterocycles. The molecule has 0 unspecified atom stereocenters. The summed E-state index contributed by atoms with van der Waals surface area (Å²) in [6, 6.07) is 7.19. The van der Waals surface area contributed by atoms with E-state index in [4.69, 9.17) is 25.8 Å². The Morgan fingerprint density at radius 2 is 1.90 bits per heavy atom. The van der Waals surface area contributed by atoms with Gasteiger partial charge in [-0.1, -0.05) is 11.6 Å². The molecular formula is C15H22ClNO4. The van der Waals surface area contributed by atoms with Crippen LogP contribution < -0.4 is 4.74 Å². The second-order valence-corrected chi connectivity index (χ2v) is 5.38. The van der Waals surface area contributed by atoms with Crippen molar-refractivity contribution in [3.8, 4) is 5.75 Å². The molecular weight excluding hydrogens is 294 g/mol. The van der Waals surface area contributed by atoms with Gasteiger partial charge in [0.15, 0.2) is 0 Å². The van der Waals surface area contributed by atoms with E-state index in [1.165, 1.54) is 0 Å². The first-order chi connectivity index (χ1) is 10.2. The third-order valence-electron chi connectivity index (χ3n) is 3.19. The van der Waals surface area contributed by atoms with Crippen LogP contribution in [0.15, 0.2) is 24.3 Å². The van der Waals surface area contributed by atoms with Crippen LogP contribution in [0, 0.1) is 0 Å². The first kappa shape index (κ1) is 16.5. The van der Waals surface area contributed by atoms with Crippen LogP contribution in [-0.4, -0.2) is 68.8 Å². The summed E-state index contributed by atoms with van der Waals surface area (Å²) in [7, 11) is 0. The molecule has 1 N–H and O–H groups in total. The summed E-state index contributed by atoms with van der Waals surface area (Å²) in [6.45, 7) is 5.07. The summed E-state index contributed by atoms with van der Waals surface area (Å²) in [5.74, 6) is 0.761. The summed E-state index contributed by atoms with van der Waals surface area (Å²) < 4.78 is 16.2. The maximum atomic E-state index is 9.89. The maximum absolute atomic E-state index is 9.89. The van der Waals surface area contributed by atoms with Crippen molar-refractivity contribution < 1.29 is 19.3 Å². The number of aliphatic hydroxyl groups excluding tert-OH is 1. The number of benzene rings is 1. The summed E-state index contributed by atoms with van der Waals surface area (Å²) in [6.07, 6.45) is -0.473. The van der Waals surface area contributed by atoms with Crippen LogP contribution in [0.4, 0.5) is 0 Å². The first-order valence-corrected chi connectivity index (χ1v) is 7.56. The topological polar surface area (TPSA) is 51.2 Å². The minimum Gasteiger partial charge on any atom is -0.491 e. The second-order valence-electron chi connectivity index (χ2n) is 4.94. The zero-order valence-electron chi connectivity index (χ0n) is 12.0.